The third kappa shape index (κ3) is 0.549. The molecule has 1 N–H and O–H groups in total. The first-order valence-electron chi connectivity index (χ1n) is 3.47. The van der Waals surface area contributed by atoms with Crippen molar-refractivity contribution in [3.8, 4) is 0 Å². The van der Waals surface area contributed by atoms with Crippen LogP contribution in [0.3, 0.4) is 0 Å². The standard InChI is InChI=1S/C7H8O3/c8-4-2-1-3-5(4)6(3)7(9)10/h3,5-6H,1-2H2,(H,9,10)/t3-,5-,6+/m1/s1. The lowest BCUT2D eigenvalue weighted by Crippen LogP contribution is -2.07. The molecule has 2 aliphatic rings. The first-order valence-corrected chi connectivity index (χ1v) is 3.47. The van der Waals surface area contributed by atoms with Crippen molar-refractivity contribution in [1.29, 1.82) is 0 Å². The number of hydrogen-bond acceptors (Lipinski definition) is 2. The first-order chi connectivity index (χ1) is 4.72. The molecule has 0 aromatic heterocycles. The van der Waals surface area contributed by atoms with Crippen molar-refractivity contribution in [3.63, 3.8) is 0 Å². The van der Waals surface area contributed by atoms with E-state index in [-0.39, 0.29) is 23.5 Å². The highest BCUT2D eigenvalue weighted by Crippen LogP contribution is 2.55. The molecule has 2 rings (SSSR count). The van der Waals surface area contributed by atoms with Crippen molar-refractivity contribution in [2.24, 2.45) is 17.8 Å². The summed E-state index contributed by atoms with van der Waals surface area (Å²) in [4.78, 5) is 21.2. The molecule has 0 bridgehead atoms. The monoisotopic (exact) mass is 140 g/mol. The van der Waals surface area contributed by atoms with Crippen LogP contribution in [0.25, 0.3) is 0 Å². The Morgan fingerprint density at radius 1 is 1.60 bits per heavy atom. The van der Waals surface area contributed by atoms with Crippen LogP contribution in [0.5, 0.6) is 0 Å². The van der Waals surface area contributed by atoms with Gasteiger partial charge >= 0.3 is 5.97 Å². The summed E-state index contributed by atoms with van der Waals surface area (Å²) in [5.41, 5.74) is 0. The fraction of sp³-hybridized carbons (Fsp3) is 0.714. The Morgan fingerprint density at radius 3 is 2.60 bits per heavy atom. The molecule has 2 aliphatic carbocycles. The van der Waals surface area contributed by atoms with Crippen LogP contribution in [0.2, 0.25) is 0 Å². The summed E-state index contributed by atoms with van der Waals surface area (Å²) in [6.45, 7) is 0. The van der Waals surface area contributed by atoms with E-state index in [0.717, 1.165) is 6.42 Å². The van der Waals surface area contributed by atoms with Crippen molar-refractivity contribution in [2.45, 2.75) is 12.8 Å². The average Bonchev–Trinajstić information content (AvgIpc) is 2.48. The molecule has 3 nitrogen and oxygen atoms in total. The smallest absolute Gasteiger partial charge is 0.307 e. The number of carboxylic acids is 1. The molecule has 2 saturated carbocycles. The van der Waals surface area contributed by atoms with E-state index in [2.05, 4.69) is 0 Å². The lowest BCUT2D eigenvalue weighted by atomic mass is 10.1. The third-order valence-electron chi connectivity index (χ3n) is 2.55. The Kier molecular flexibility index (Phi) is 0.938. The Hall–Kier alpha value is -0.860. The summed E-state index contributed by atoms with van der Waals surface area (Å²) in [5.74, 6) is -0.843. The van der Waals surface area contributed by atoms with Crippen LogP contribution in [0.4, 0.5) is 0 Å². The Balaban J connectivity index is 2.12. The van der Waals surface area contributed by atoms with Gasteiger partial charge in [-0.1, -0.05) is 0 Å². The molecule has 0 spiro atoms. The maximum absolute atomic E-state index is 10.9. The molecule has 3 atom stereocenters. The zero-order valence-corrected chi connectivity index (χ0v) is 5.41. The van der Waals surface area contributed by atoms with E-state index in [1.165, 1.54) is 0 Å². The molecular formula is C7H8O3. The summed E-state index contributed by atoms with van der Waals surface area (Å²) in [7, 11) is 0. The minimum absolute atomic E-state index is 0.0995. The van der Waals surface area contributed by atoms with E-state index in [1.807, 2.05) is 0 Å². The largest absolute Gasteiger partial charge is 0.481 e. The molecule has 0 amide bonds. The van der Waals surface area contributed by atoms with E-state index < -0.39 is 5.97 Å². The highest BCUT2D eigenvalue weighted by Gasteiger charge is 2.61. The molecular weight excluding hydrogens is 132 g/mol. The topological polar surface area (TPSA) is 54.4 Å². The third-order valence-corrected chi connectivity index (χ3v) is 2.55. The van der Waals surface area contributed by atoms with Crippen LogP contribution in [-0.2, 0) is 9.59 Å². The zero-order valence-electron chi connectivity index (χ0n) is 5.41. The molecule has 0 aromatic carbocycles. The highest BCUT2D eigenvalue weighted by molar-refractivity contribution is 5.94. The zero-order chi connectivity index (χ0) is 7.30. The maximum atomic E-state index is 10.9. The molecule has 0 aliphatic heterocycles. The highest BCUT2D eigenvalue weighted by atomic mass is 16.4. The number of fused-ring (bicyclic) bond motifs is 1. The van der Waals surface area contributed by atoms with Crippen LogP contribution in [-0.4, -0.2) is 16.9 Å². The van der Waals surface area contributed by atoms with Gasteiger partial charge in [0.05, 0.1) is 5.92 Å². The van der Waals surface area contributed by atoms with Gasteiger partial charge in [0.1, 0.15) is 5.78 Å². The minimum atomic E-state index is -0.789. The van der Waals surface area contributed by atoms with E-state index in [1.54, 1.807) is 0 Å². The van der Waals surface area contributed by atoms with Gasteiger partial charge in [-0.05, 0) is 12.3 Å². The van der Waals surface area contributed by atoms with Gasteiger partial charge in [0, 0.05) is 12.3 Å². The maximum Gasteiger partial charge on any atom is 0.307 e. The number of hydrogen-bond donors (Lipinski definition) is 1. The van der Waals surface area contributed by atoms with Crippen LogP contribution >= 0.6 is 0 Å². The van der Waals surface area contributed by atoms with E-state index >= 15 is 0 Å². The second-order valence-electron chi connectivity index (χ2n) is 3.06. The predicted molar refractivity (Wildman–Crippen MR) is 32.3 cm³/mol. The molecule has 10 heavy (non-hydrogen) atoms. The van der Waals surface area contributed by atoms with Crippen molar-refractivity contribution < 1.29 is 14.7 Å². The van der Waals surface area contributed by atoms with Gasteiger partial charge in [0.2, 0.25) is 0 Å². The first kappa shape index (κ1) is 5.89. The molecule has 0 saturated heterocycles. The van der Waals surface area contributed by atoms with Gasteiger partial charge in [-0.2, -0.15) is 0 Å². The number of carbonyl (C=O) groups excluding carboxylic acids is 1. The van der Waals surface area contributed by atoms with Gasteiger partial charge < -0.3 is 5.11 Å². The summed E-state index contributed by atoms with van der Waals surface area (Å²) >= 11 is 0. The predicted octanol–water partition coefficient (Wildman–Crippen LogP) is 0.296. The fourth-order valence-electron chi connectivity index (χ4n) is 1.98. The van der Waals surface area contributed by atoms with Crippen LogP contribution in [0, 0.1) is 17.8 Å². The average molecular weight is 140 g/mol. The Morgan fingerprint density at radius 2 is 2.30 bits per heavy atom. The lowest BCUT2D eigenvalue weighted by Gasteiger charge is -1.93. The second kappa shape index (κ2) is 1.59. The van der Waals surface area contributed by atoms with Gasteiger partial charge in [-0.25, -0.2) is 0 Å². The quantitative estimate of drug-likeness (QED) is 0.569. The number of Topliss-reactive ketones (excluding diaryl/α,β-unsaturated/α-hetero) is 1. The van der Waals surface area contributed by atoms with Crippen molar-refractivity contribution in [3.05, 3.63) is 0 Å². The molecule has 0 aromatic rings. The molecule has 54 valence electrons. The Bertz CT molecular complexity index is 205. The second-order valence-corrected chi connectivity index (χ2v) is 3.06. The van der Waals surface area contributed by atoms with Gasteiger partial charge in [-0.3, -0.25) is 9.59 Å². The van der Waals surface area contributed by atoms with Crippen LogP contribution < -0.4 is 0 Å². The van der Waals surface area contributed by atoms with E-state index in [4.69, 9.17) is 5.11 Å². The molecule has 2 fully saturated rings. The molecule has 0 heterocycles. The summed E-state index contributed by atoms with van der Waals surface area (Å²) in [6.07, 6.45) is 1.42. The Labute approximate surface area is 58.0 Å². The SMILES string of the molecule is O=C(O)[C@H]1[C@@H]2CCC(=O)[C@@H]21. The van der Waals surface area contributed by atoms with Crippen LogP contribution in [0.1, 0.15) is 12.8 Å². The van der Waals surface area contributed by atoms with E-state index in [0.29, 0.717) is 6.42 Å². The minimum Gasteiger partial charge on any atom is -0.481 e. The number of ketones is 1. The van der Waals surface area contributed by atoms with E-state index in [9.17, 15) is 9.59 Å². The molecule has 3 heteroatoms. The van der Waals surface area contributed by atoms with Crippen LogP contribution in [0.15, 0.2) is 0 Å². The lowest BCUT2D eigenvalue weighted by molar-refractivity contribution is -0.140. The molecule has 0 unspecified atom stereocenters. The normalized spacial score (nSPS) is 43.2. The fourth-order valence-corrected chi connectivity index (χ4v) is 1.98. The van der Waals surface area contributed by atoms with Gasteiger partial charge in [0.15, 0.2) is 0 Å². The van der Waals surface area contributed by atoms with Crippen molar-refractivity contribution in [1.82, 2.24) is 0 Å². The van der Waals surface area contributed by atoms with Gasteiger partial charge in [-0.15, -0.1) is 0 Å². The molecule has 0 radical (unpaired) electrons. The van der Waals surface area contributed by atoms with Gasteiger partial charge in [0.25, 0.3) is 0 Å². The number of carboxylic acid groups (broad SMARTS) is 1. The van der Waals surface area contributed by atoms with Crippen molar-refractivity contribution >= 4 is 11.8 Å². The number of aliphatic carboxylic acids is 1. The summed E-state index contributed by atoms with van der Waals surface area (Å²) < 4.78 is 0. The summed E-state index contributed by atoms with van der Waals surface area (Å²) in [5, 5.41) is 8.52. The summed E-state index contributed by atoms with van der Waals surface area (Å²) in [6, 6.07) is 0. The van der Waals surface area contributed by atoms with Crippen molar-refractivity contribution in [2.75, 3.05) is 0 Å². The number of carbonyl (C=O) groups is 2. The number of rotatable bonds is 1.